The smallest absolute Gasteiger partial charge is 0.223 e. The standard InChI is InChI=1S/C24H28N4O2/c1-17-9-10-20(24(26-17)27-12-5-6-13-27)16-25-23(30)15-22-21-8-4-3-7-19(21)11-14-28(22)18(2)29/h3-4,7-11,14,22H,5-6,12-13,15-16H2,1-2H3,(H,25,30). The molecule has 6 nitrogen and oxygen atoms in total. The second kappa shape index (κ2) is 8.69. The summed E-state index contributed by atoms with van der Waals surface area (Å²) >= 11 is 0. The average molecular weight is 405 g/mol. The Morgan fingerprint density at radius 3 is 2.67 bits per heavy atom. The second-order valence-electron chi connectivity index (χ2n) is 8.00. The number of carbonyl (C=O) groups is 2. The van der Waals surface area contributed by atoms with Gasteiger partial charge in [-0.1, -0.05) is 30.3 Å². The highest BCUT2D eigenvalue weighted by molar-refractivity contribution is 5.82. The van der Waals surface area contributed by atoms with Gasteiger partial charge in [-0.05, 0) is 43.0 Å². The first kappa shape index (κ1) is 20.1. The molecule has 1 aromatic carbocycles. The van der Waals surface area contributed by atoms with E-state index in [1.165, 1.54) is 19.8 Å². The van der Waals surface area contributed by atoms with Crippen molar-refractivity contribution in [3.8, 4) is 0 Å². The van der Waals surface area contributed by atoms with Gasteiger partial charge in [-0.3, -0.25) is 9.59 Å². The highest BCUT2D eigenvalue weighted by Crippen LogP contribution is 2.33. The number of aryl methyl sites for hydroxylation is 1. The molecule has 2 amide bonds. The molecule has 0 bridgehead atoms. The van der Waals surface area contributed by atoms with Crippen LogP contribution in [0.5, 0.6) is 0 Å². The Morgan fingerprint density at radius 1 is 1.13 bits per heavy atom. The molecule has 1 atom stereocenters. The molecule has 2 aliphatic rings. The molecule has 1 N–H and O–H groups in total. The molecule has 0 aliphatic carbocycles. The molecule has 2 aliphatic heterocycles. The highest BCUT2D eigenvalue weighted by atomic mass is 16.2. The van der Waals surface area contributed by atoms with E-state index in [0.29, 0.717) is 6.54 Å². The molecule has 2 aromatic rings. The Labute approximate surface area is 177 Å². The quantitative estimate of drug-likeness (QED) is 0.827. The lowest BCUT2D eigenvalue weighted by Crippen LogP contribution is -2.35. The number of hydrogen-bond acceptors (Lipinski definition) is 4. The summed E-state index contributed by atoms with van der Waals surface area (Å²) in [5, 5.41) is 3.05. The summed E-state index contributed by atoms with van der Waals surface area (Å²) in [6.07, 6.45) is 6.27. The number of anilines is 1. The minimum atomic E-state index is -0.294. The Bertz CT molecular complexity index is 979. The van der Waals surface area contributed by atoms with Crippen molar-refractivity contribution in [2.45, 2.75) is 45.7 Å². The number of aromatic nitrogens is 1. The van der Waals surface area contributed by atoms with Gasteiger partial charge in [0.25, 0.3) is 0 Å². The van der Waals surface area contributed by atoms with Crippen LogP contribution in [0.2, 0.25) is 0 Å². The van der Waals surface area contributed by atoms with Gasteiger partial charge in [0.1, 0.15) is 5.82 Å². The fraction of sp³-hybridized carbons (Fsp3) is 0.375. The monoisotopic (exact) mass is 404 g/mol. The number of fused-ring (bicyclic) bond motifs is 1. The van der Waals surface area contributed by atoms with Gasteiger partial charge in [0, 0.05) is 44.0 Å². The zero-order valence-electron chi connectivity index (χ0n) is 17.6. The minimum absolute atomic E-state index is 0.0717. The Kier molecular flexibility index (Phi) is 5.84. The summed E-state index contributed by atoms with van der Waals surface area (Å²) in [6.45, 7) is 5.98. The zero-order valence-corrected chi connectivity index (χ0v) is 17.6. The Hall–Kier alpha value is -3.15. The maximum absolute atomic E-state index is 12.9. The third kappa shape index (κ3) is 4.22. The maximum atomic E-state index is 12.9. The van der Waals surface area contributed by atoms with Crippen LogP contribution in [0, 0.1) is 6.92 Å². The van der Waals surface area contributed by atoms with Crippen LogP contribution in [0.4, 0.5) is 5.82 Å². The molecule has 4 rings (SSSR count). The van der Waals surface area contributed by atoms with E-state index in [9.17, 15) is 9.59 Å². The van der Waals surface area contributed by atoms with E-state index in [0.717, 1.165) is 41.3 Å². The fourth-order valence-electron chi connectivity index (χ4n) is 4.27. The van der Waals surface area contributed by atoms with Crippen molar-refractivity contribution in [1.82, 2.24) is 15.2 Å². The molecule has 30 heavy (non-hydrogen) atoms. The van der Waals surface area contributed by atoms with Gasteiger partial charge in [-0.15, -0.1) is 0 Å². The van der Waals surface area contributed by atoms with Crippen LogP contribution in [0.1, 0.15) is 54.6 Å². The first-order valence-corrected chi connectivity index (χ1v) is 10.6. The topological polar surface area (TPSA) is 65.5 Å². The molecule has 3 heterocycles. The van der Waals surface area contributed by atoms with Crippen molar-refractivity contribution in [1.29, 1.82) is 0 Å². The van der Waals surface area contributed by atoms with Crippen molar-refractivity contribution in [2.75, 3.05) is 18.0 Å². The van der Waals surface area contributed by atoms with Crippen molar-refractivity contribution >= 4 is 23.7 Å². The van der Waals surface area contributed by atoms with Gasteiger partial charge >= 0.3 is 0 Å². The van der Waals surface area contributed by atoms with Crippen LogP contribution in [0.3, 0.4) is 0 Å². The fourth-order valence-corrected chi connectivity index (χ4v) is 4.27. The molecule has 1 aromatic heterocycles. The van der Waals surface area contributed by atoms with Gasteiger partial charge in [0.2, 0.25) is 11.8 Å². The highest BCUT2D eigenvalue weighted by Gasteiger charge is 2.28. The van der Waals surface area contributed by atoms with Crippen LogP contribution in [-0.2, 0) is 16.1 Å². The van der Waals surface area contributed by atoms with Crippen LogP contribution in [0.25, 0.3) is 6.08 Å². The lowest BCUT2D eigenvalue weighted by Gasteiger charge is -2.32. The van der Waals surface area contributed by atoms with Crippen molar-refractivity contribution < 1.29 is 9.59 Å². The van der Waals surface area contributed by atoms with E-state index in [-0.39, 0.29) is 24.3 Å². The van der Waals surface area contributed by atoms with Crippen molar-refractivity contribution in [3.63, 3.8) is 0 Å². The lowest BCUT2D eigenvalue weighted by molar-refractivity contribution is -0.130. The van der Waals surface area contributed by atoms with E-state index < -0.39 is 0 Å². The van der Waals surface area contributed by atoms with E-state index in [1.807, 2.05) is 43.3 Å². The normalized spacial score (nSPS) is 17.7. The summed E-state index contributed by atoms with van der Waals surface area (Å²) in [5.74, 6) is 0.825. The summed E-state index contributed by atoms with van der Waals surface area (Å²) in [4.78, 5) is 33.7. The minimum Gasteiger partial charge on any atom is -0.356 e. The molecule has 156 valence electrons. The van der Waals surface area contributed by atoms with E-state index in [1.54, 1.807) is 11.1 Å². The second-order valence-corrected chi connectivity index (χ2v) is 8.00. The predicted molar refractivity (Wildman–Crippen MR) is 118 cm³/mol. The number of benzene rings is 1. The number of rotatable bonds is 5. The summed E-state index contributed by atoms with van der Waals surface area (Å²) in [7, 11) is 0. The lowest BCUT2D eigenvalue weighted by atomic mass is 9.93. The number of carbonyl (C=O) groups excluding carboxylic acids is 2. The number of nitrogens with zero attached hydrogens (tertiary/aromatic N) is 3. The first-order chi connectivity index (χ1) is 14.5. The first-order valence-electron chi connectivity index (χ1n) is 10.6. The molecular formula is C24H28N4O2. The van der Waals surface area contributed by atoms with E-state index in [2.05, 4.69) is 16.3 Å². The Balaban J connectivity index is 1.47. The van der Waals surface area contributed by atoms with Crippen LogP contribution in [-0.4, -0.2) is 34.8 Å². The largest absolute Gasteiger partial charge is 0.356 e. The molecule has 1 saturated heterocycles. The Morgan fingerprint density at radius 2 is 1.90 bits per heavy atom. The van der Waals surface area contributed by atoms with E-state index in [4.69, 9.17) is 4.98 Å². The molecular weight excluding hydrogens is 376 g/mol. The van der Waals surface area contributed by atoms with Crippen LogP contribution in [0.15, 0.2) is 42.6 Å². The predicted octanol–water partition coefficient (Wildman–Crippen LogP) is 3.57. The third-order valence-corrected chi connectivity index (χ3v) is 5.82. The molecule has 6 heteroatoms. The SMILES string of the molecule is CC(=O)N1C=Cc2ccccc2C1CC(=O)NCc1ccc(C)nc1N1CCCC1. The van der Waals surface area contributed by atoms with Crippen molar-refractivity contribution in [2.24, 2.45) is 0 Å². The average Bonchev–Trinajstić information content (AvgIpc) is 3.27. The number of hydrogen-bond donors (Lipinski definition) is 1. The van der Waals surface area contributed by atoms with Crippen LogP contribution >= 0.6 is 0 Å². The summed E-state index contributed by atoms with van der Waals surface area (Å²) in [6, 6.07) is 11.7. The van der Waals surface area contributed by atoms with Gasteiger partial charge in [-0.2, -0.15) is 0 Å². The third-order valence-electron chi connectivity index (χ3n) is 5.82. The van der Waals surface area contributed by atoms with Gasteiger partial charge < -0.3 is 15.1 Å². The molecule has 0 spiro atoms. The van der Waals surface area contributed by atoms with E-state index >= 15 is 0 Å². The van der Waals surface area contributed by atoms with Gasteiger partial charge in [0.15, 0.2) is 0 Å². The summed E-state index contributed by atoms with van der Waals surface area (Å²) < 4.78 is 0. The van der Waals surface area contributed by atoms with Gasteiger partial charge in [-0.25, -0.2) is 4.98 Å². The number of nitrogens with one attached hydrogen (secondary N) is 1. The number of amides is 2. The van der Waals surface area contributed by atoms with Crippen molar-refractivity contribution in [3.05, 3.63) is 65.0 Å². The summed E-state index contributed by atoms with van der Waals surface area (Å²) in [5.41, 5.74) is 4.06. The molecule has 1 unspecified atom stereocenters. The molecule has 0 saturated carbocycles. The zero-order chi connectivity index (χ0) is 21.1. The van der Waals surface area contributed by atoms with Crippen LogP contribution < -0.4 is 10.2 Å². The maximum Gasteiger partial charge on any atom is 0.223 e. The van der Waals surface area contributed by atoms with Gasteiger partial charge in [0.05, 0.1) is 12.5 Å². The molecule has 0 radical (unpaired) electrons. The molecule has 1 fully saturated rings. The number of pyridine rings is 1.